The molecule has 2 rings (SSSR count). The van der Waals surface area contributed by atoms with Crippen molar-refractivity contribution in [2.45, 2.75) is 38.3 Å². The van der Waals surface area contributed by atoms with Crippen LogP contribution in [0.15, 0.2) is 24.3 Å². The predicted octanol–water partition coefficient (Wildman–Crippen LogP) is 1.45. The van der Waals surface area contributed by atoms with Crippen LogP contribution in [0.2, 0.25) is 0 Å². The van der Waals surface area contributed by atoms with E-state index in [1.54, 1.807) is 12.1 Å². The number of halogens is 2. The van der Waals surface area contributed by atoms with Crippen LogP contribution < -0.4 is 16.4 Å². The van der Waals surface area contributed by atoms with Crippen LogP contribution in [0, 0.1) is 11.7 Å². The molecular formula is C16H23ClFN3O2. The molecule has 1 atom stereocenters. The van der Waals surface area contributed by atoms with Gasteiger partial charge in [0, 0.05) is 0 Å². The van der Waals surface area contributed by atoms with E-state index in [0.29, 0.717) is 0 Å². The van der Waals surface area contributed by atoms with E-state index in [9.17, 15) is 14.0 Å². The van der Waals surface area contributed by atoms with Crippen molar-refractivity contribution in [3.63, 3.8) is 0 Å². The minimum Gasteiger partial charge on any atom is -0.346 e. The first-order valence-electron chi connectivity index (χ1n) is 7.44. The second kappa shape index (κ2) is 7.75. The fourth-order valence-electron chi connectivity index (χ4n) is 2.30. The van der Waals surface area contributed by atoms with Gasteiger partial charge in [-0.3, -0.25) is 9.59 Å². The van der Waals surface area contributed by atoms with Crippen molar-refractivity contribution in [1.29, 1.82) is 0 Å². The summed E-state index contributed by atoms with van der Waals surface area (Å²) in [5.41, 5.74) is 5.97. The van der Waals surface area contributed by atoms with E-state index in [1.807, 2.05) is 13.8 Å². The first kappa shape index (κ1) is 19.4. The zero-order valence-corrected chi connectivity index (χ0v) is 14.1. The number of carbonyl (C=O) groups is 2. The lowest BCUT2D eigenvalue weighted by Crippen LogP contribution is -2.48. The number of nitrogens with two attached hydrogens (primary N) is 1. The molecule has 7 heteroatoms. The van der Waals surface area contributed by atoms with Crippen molar-refractivity contribution >= 4 is 24.2 Å². The zero-order valence-electron chi connectivity index (χ0n) is 13.3. The van der Waals surface area contributed by atoms with Gasteiger partial charge < -0.3 is 16.4 Å². The van der Waals surface area contributed by atoms with E-state index in [0.717, 1.165) is 18.4 Å². The van der Waals surface area contributed by atoms with Gasteiger partial charge in [0.2, 0.25) is 11.8 Å². The third-order valence-corrected chi connectivity index (χ3v) is 3.95. The molecule has 1 aromatic carbocycles. The lowest BCUT2D eigenvalue weighted by molar-refractivity contribution is -0.127. The van der Waals surface area contributed by atoms with Crippen LogP contribution >= 0.6 is 12.4 Å². The van der Waals surface area contributed by atoms with Crippen molar-refractivity contribution in [3.8, 4) is 0 Å². The maximum Gasteiger partial charge on any atom is 0.240 e. The van der Waals surface area contributed by atoms with Crippen molar-refractivity contribution < 1.29 is 14.0 Å². The van der Waals surface area contributed by atoms with Crippen molar-refractivity contribution in [2.24, 2.45) is 11.7 Å². The molecule has 23 heavy (non-hydrogen) atoms. The van der Waals surface area contributed by atoms with Crippen LogP contribution in [0.3, 0.4) is 0 Å². The van der Waals surface area contributed by atoms with Gasteiger partial charge in [0.15, 0.2) is 0 Å². The summed E-state index contributed by atoms with van der Waals surface area (Å²) in [5, 5.41) is 5.40. The Balaban J connectivity index is 0.00000264. The first-order chi connectivity index (χ1) is 10.3. The van der Waals surface area contributed by atoms with Crippen molar-refractivity contribution in [1.82, 2.24) is 10.6 Å². The Bertz CT molecular complexity index is 576. The molecule has 1 saturated carbocycles. The van der Waals surface area contributed by atoms with Gasteiger partial charge in [-0.25, -0.2) is 4.39 Å². The highest BCUT2D eigenvalue weighted by Crippen LogP contribution is 2.45. The van der Waals surface area contributed by atoms with Crippen molar-refractivity contribution in [3.05, 3.63) is 35.6 Å². The van der Waals surface area contributed by atoms with Gasteiger partial charge in [0.25, 0.3) is 0 Å². The highest BCUT2D eigenvalue weighted by molar-refractivity contribution is 5.88. The highest BCUT2D eigenvalue weighted by atomic mass is 35.5. The molecule has 0 aromatic heterocycles. The average Bonchev–Trinajstić information content (AvgIpc) is 3.24. The number of hydrogen-bond acceptors (Lipinski definition) is 3. The predicted molar refractivity (Wildman–Crippen MR) is 88.5 cm³/mol. The van der Waals surface area contributed by atoms with E-state index in [4.69, 9.17) is 5.73 Å². The zero-order chi connectivity index (χ0) is 16.3. The quantitative estimate of drug-likeness (QED) is 0.731. The van der Waals surface area contributed by atoms with Gasteiger partial charge in [-0.1, -0.05) is 26.0 Å². The molecule has 0 aliphatic heterocycles. The number of amides is 2. The Morgan fingerprint density at radius 1 is 1.35 bits per heavy atom. The maximum atomic E-state index is 13.3. The third-order valence-electron chi connectivity index (χ3n) is 3.95. The molecule has 128 valence electrons. The number of rotatable bonds is 6. The molecule has 1 aliphatic rings. The SMILES string of the molecule is CC(C)[C@H](N)C(=O)NCC(=O)NC1(c2cccc(F)c2)CC1.Cl. The molecule has 2 amide bonds. The molecule has 5 nitrogen and oxygen atoms in total. The van der Waals surface area contributed by atoms with Gasteiger partial charge in [-0.15, -0.1) is 12.4 Å². The van der Waals surface area contributed by atoms with Gasteiger partial charge in [-0.05, 0) is 36.5 Å². The van der Waals surface area contributed by atoms with Gasteiger partial charge in [0.05, 0.1) is 18.1 Å². The van der Waals surface area contributed by atoms with Gasteiger partial charge in [0.1, 0.15) is 5.82 Å². The summed E-state index contributed by atoms with van der Waals surface area (Å²) in [6, 6.07) is 5.59. The smallest absolute Gasteiger partial charge is 0.240 e. The van der Waals surface area contributed by atoms with Crippen LogP contribution in [-0.2, 0) is 15.1 Å². The molecular weight excluding hydrogens is 321 g/mol. The minimum absolute atomic E-state index is 0. The number of hydrogen-bond donors (Lipinski definition) is 3. The minimum atomic E-state index is -0.633. The second-order valence-electron chi connectivity index (χ2n) is 6.13. The van der Waals surface area contributed by atoms with E-state index < -0.39 is 11.6 Å². The molecule has 4 N–H and O–H groups in total. The van der Waals surface area contributed by atoms with Gasteiger partial charge in [-0.2, -0.15) is 0 Å². The van der Waals surface area contributed by atoms with Crippen molar-refractivity contribution in [2.75, 3.05) is 6.54 Å². The van der Waals surface area contributed by atoms with E-state index in [1.165, 1.54) is 12.1 Å². The highest BCUT2D eigenvalue weighted by Gasteiger charge is 2.45. The number of benzene rings is 1. The topological polar surface area (TPSA) is 84.2 Å². The Morgan fingerprint density at radius 3 is 2.52 bits per heavy atom. The monoisotopic (exact) mass is 343 g/mol. The van der Waals surface area contributed by atoms with Gasteiger partial charge >= 0.3 is 0 Å². The molecule has 1 fully saturated rings. The summed E-state index contributed by atoms with van der Waals surface area (Å²) in [4.78, 5) is 23.7. The largest absolute Gasteiger partial charge is 0.346 e. The first-order valence-corrected chi connectivity index (χ1v) is 7.44. The molecule has 0 bridgehead atoms. The number of carbonyl (C=O) groups excluding carboxylic acids is 2. The van der Waals surface area contributed by atoms with Crippen LogP contribution in [0.1, 0.15) is 32.3 Å². The third kappa shape index (κ3) is 4.91. The lowest BCUT2D eigenvalue weighted by atomic mass is 10.0. The molecule has 0 spiro atoms. The fraction of sp³-hybridized carbons (Fsp3) is 0.500. The van der Waals surface area contributed by atoms with E-state index >= 15 is 0 Å². The summed E-state index contributed by atoms with van der Waals surface area (Å²) in [5.74, 6) is -0.966. The summed E-state index contributed by atoms with van der Waals surface area (Å²) in [6.45, 7) is 3.55. The van der Waals surface area contributed by atoms with E-state index in [2.05, 4.69) is 10.6 Å². The molecule has 0 unspecified atom stereocenters. The molecule has 1 aromatic rings. The molecule has 0 heterocycles. The van der Waals surface area contributed by atoms with E-state index in [-0.39, 0.29) is 42.5 Å². The standard InChI is InChI=1S/C16H22FN3O2.ClH/c1-10(2)14(18)15(22)19-9-13(21)20-16(6-7-16)11-4-3-5-12(17)8-11;/h3-5,8,10,14H,6-7,9,18H2,1-2H3,(H,19,22)(H,20,21);1H/t14-;/m0./s1. The summed E-state index contributed by atoms with van der Waals surface area (Å²) >= 11 is 0. The molecule has 0 saturated heterocycles. The Kier molecular flexibility index (Phi) is 6.53. The van der Waals surface area contributed by atoms with Crippen LogP contribution in [-0.4, -0.2) is 24.4 Å². The van der Waals surface area contributed by atoms with Crippen LogP contribution in [0.4, 0.5) is 4.39 Å². The number of nitrogens with one attached hydrogen (secondary N) is 2. The average molecular weight is 344 g/mol. The Hall–Kier alpha value is -1.66. The van der Waals surface area contributed by atoms with Crippen LogP contribution in [0.25, 0.3) is 0 Å². The fourth-order valence-corrected chi connectivity index (χ4v) is 2.30. The lowest BCUT2D eigenvalue weighted by Gasteiger charge is -2.19. The second-order valence-corrected chi connectivity index (χ2v) is 6.13. The molecule has 0 radical (unpaired) electrons. The summed E-state index contributed by atoms with van der Waals surface area (Å²) in [7, 11) is 0. The maximum absolute atomic E-state index is 13.3. The van der Waals surface area contributed by atoms with Crippen LogP contribution in [0.5, 0.6) is 0 Å². The molecule has 1 aliphatic carbocycles. The summed E-state index contributed by atoms with van der Waals surface area (Å²) < 4.78 is 13.3. The Labute approximate surface area is 141 Å². The summed E-state index contributed by atoms with van der Waals surface area (Å²) in [6.07, 6.45) is 1.53. The Morgan fingerprint density at radius 2 is 2.00 bits per heavy atom. The normalized spacial score (nSPS) is 16.2.